The molecule has 0 aliphatic carbocycles. The molecule has 1 saturated heterocycles. The summed E-state index contributed by atoms with van der Waals surface area (Å²) < 4.78 is 83.7. The average Bonchev–Trinajstić information content (AvgIpc) is 2.95. The zero-order chi connectivity index (χ0) is 22.3. The molecule has 6 nitrogen and oxygen atoms in total. The maximum atomic E-state index is 14.2. The van der Waals surface area contributed by atoms with E-state index in [4.69, 9.17) is 4.74 Å². The maximum Gasteiger partial charge on any atom is 0.410 e. The van der Waals surface area contributed by atoms with E-state index in [1.807, 2.05) is 0 Å². The summed E-state index contributed by atoms with van der Waals surface area (Å²) in [7, 11) is -3.75. The number of ether oxygens (including phenoxy) is 1. The Bertz CT molecular complexity index is 916. The molecule has 0 radical (unpaired) electrons. The van der Waals surface area contributed by atoms with Crippen molar-refractivity contribution in [2.75, 3.05) is 18.6 Å². The second-order valence-corrected chi connectivity index (χ2v) is 10.1. The summed E-state index contributed by atoms with van der Waals surface area (Å²) in [6.07, 6.45) is -0.606. The largest absolute Gasteiger partial charge is 0.444 e. The normalized spacial score (nSPS) is 20.1. The lowest BCUT2D eigenvalue weighted by Crippen LogP contribution is -2.45. The number of sulfone groups is 1. The van der Waals surface area contributed by atoms with Gasteiger partial charge in [0.25, 0.3) is 0 Å². The van der Waals surface area contributed by atoms with Crippen LogP contribution in [0.5, 0.6) is 0 Å². The van der Waals surface area contributed by atoms with Crippen LogP contribution in [0.25, 0.3) is 0 Å². The minimum Gasteiger partial charge on any atom is -0.444 e. The number of carbonyl (C=O) groups is 2. The van der Waals surface area contributed by atoms with E-state index in [9.17, 15) is 35.6 Å². The van der Waals surface area contributed by atoms with Crippen LogP contribution in [0, 0.1) is 23.3 Å². The summed E-state index contributed by atoms with van der Waals surface area (Å²) in [6, 6.07) is -1.32. The Kier molecular flexibility index (Phi) is 6.32. The van der Waals surface area contributed by atoms with Gasteiger partial charge in [-0.05, 0) is 27.2 Å². The van der Waals surface area contributed by atoms with Gasteiger partial charge < -0.3 is 4.74 Å². The van der Waals surface area contributed by atoms with Crippen LogP contribution in [0.2, 0.25) is 0 Å². The maximum absolute atomic E-state index is 14.2. The van der Waals surface area contributed by atoms with Gasteiger partial charge in [-0.3, -0.25) is 9.69 Å². The van der Waals surface area contributed by atoms with E-state index in [0.29, 0.717) is 0 Å². The molecule has 29 heavy (non-hydrogen) atoms. The minimum atomic E-state index is -3.75. The van der Waals surface area contributed by atoms with Crippen LogP contribution in [-0.2, 0) is 19.4 Å². The molecular formula is C18H21F4NO5S. The first-order valence-corrected chi connectivity index (χ1v) is 10.7. The first-order chi connectivity index (χ1) is 13.1. The van der Waals surface area contributed by atoms with Crippen LogP contribution in [0.15, 0.2) is 6.07 Å². The Morgan fingerprint density at radius 2 is 1.66 bits per heavy atom. The van der Waals surface area contributed by atoms with E-state index in [1.54, 1.807) is 20.8 Å². The van der Waals surface area contributed by atoms with Crippen LogP contribution in [0.3, 0.4) is 0 Å². The molecule has 0 aromatic heterocycles. The number of carbonyl (C=O) groups excluding carboxylic acids is 2. The van der Waals surface area contributed by atoms with Crippen molar-refractivity contribution in [2.45, 2.75) is 44.8 Å². The first-order valence-electron chi connectivity index (χ1n) is 8.63. The highest BCUT2D eigenvalue weighted by molar-refractivity contribution is 7.91. The second-order valence-electron chi connectivity index (χ2n) is 8.00. The minimum absolute atomic E-state index is 0.0566. The standard InChI is InChI=1S/C18H21F4NO5S/c1-18(2,3)28-17(25)23-7-9(5-12(23)13(24)8-29(4,26)27)14-15(21)10(19)6-11(20)16(14)22/h6,9,12H,5,7-8H2,1-4H3/t9-,12?/m1/s1. The van der Waals surface area contributed by atoms with Crippen LogP contribution in [-0.4, -0.2) is 55.4 Å². The molecule has 1 aliphatic heterocycles. The van der Waals surface area contributed by atoms with Crippen molar-refractivity contribution in [1.29, 1.82) is 0 Å². The average molecular weight is 439 g/mol. The molecule has 0 bridgehead atoms. The Labute approximate surface area is 165 Å². The summed E-state index contributed by atoms with van der Waals surface area (Å²) in [6.45, 7) is 4.17. The third-order valence-electron chi connectivity index (χ3n) is 4.26. The van der Waals surface area contributed by atoms with Crippen molar-refractivity contribution in [3.05, 3.63) is 34.9 Å². The molecule has 0 N–H and O–H groups in total. The number of hydrogen-bond acceptors (Lipinski definition) is 5. The lowest BCUT2D eigenvalue weighted by atomic mass is 9.94. The predicted molar refractivity (Wildman–Crippen MR) is 95.1 cm³/mol. The summed E-state index contributed by atoms with van der Waals surface area (Å²) in [4.78, 5) is 25.8. The highest BCUT2D eigenvalue weighted by Gasteiger charge is 2.44. The number of hydrogen-bond donors (Lipinski definition) is 0. The number of Topliss-reactive ketones (excluding diaryl/α,β-unsaturated/α-hetero) is 1. The molecule has 0 spiro atoms. The summed E-state index contributed by atoms with van der Waals surface area (Å²) in [5.74, 6) is -9.57. The molecule has 1 fully saturated rings. The second kappa shape index (κ2) is 7.92. The molecule has 1 heterocycles. The Morgan fingerprint density at radius 1 is 1.14 bits per heavy atom. The molecule has 2 atom stereocenters. The number of halogens is 4. The van der Waals surface area contributed by atoms with Crippen LogP contribution in [0.1, 0.15) is 38.7 Å². The number of amides is 1. The van der Waals surface area contributed by atoms with Gasteiger partial charge in [0.05, 0.1) is 6.04 Å². The molecule has 0 saturated carbocycles. The number of ketones is 1. The summed E-state index contributed by atoms with van der Waals surface area (Å²) >= 11 is 0. The third-order valence-corrected chi connectivity index (χ3v) is 5.07. The number of rotatable bonds is 4. The smallest absolute Gasteiger partial charge is 0.410 e. The number of benzene rings is 1. The fourth-order valence-corrected chi connectivity index (χ4v) is 3.89. The Hall–Kier alpha value is -2.17. The highest BCUT2D eigenvalue weighted by atomic mass is 32.2. The van der Waals surface area contributed by atoms with Crippen molar-refractivity contribution in [2.24, 2.45) is 0 Å². The lowest BCUT2D eigenvalue weighted by molar-refractivity contribution is -0.120. The molecule has 162 valence electrons. The van der Waals surface area contributed by atoms with E-state index in [0.717, 1.165) is 11.2 Å². The summed E-state index contributed by atoms with van der Waals surface area (Å²) in [5.41, 5.74) is -1.91. The van der Waals surface area contributed by atoms with Gasteiger partial charge in [0.2, 0.25) is 0 Å². The van der Waals surface area contributed by atoms with Gasteiger partial charge in [0, 0.05) is 30.3 Å². The van der Waals surface area contributed by atoms with Gasteiger partial charge in [-0.2, -0.15) is 0 Å². The molecule has 1 aromatic carbocycles. The zero-order valence-corrected chi connectivity index (χ0v) is 17.1. The third kappa shape index (κ3) is 5.46. The molecule has 1 aliphatic rings. The van der Waals surface area contributed by atoms with E-state index >= 15 is 0 Å². The quantitative estimate of drug-likeness (QED) is 0.532. The number of likely N-dealkylation sites (tertiary alicyclic amines) is 1. The topological polar surface area (TPSA) is 80.8 Å². The predicted octanol–water partition coefficient (Wildman–Crippen LogP) is 2.95. The van der Waals surface area contributed by atoms with E-state index < -0.39 is 86.8 Å². The highest BCUT2D eigenvalue weighted by Crippen LogP contribution is 2.37. The van der Waals surface area contributed by atoms with Gasteiger partial charge in [-0.1, -0.05) is 0 Å². The van der Waals surface area contributed by atoms with Crippen molar-refractivity contribution in [3.63, 3.8) is 0 Å². The van der Waals surface area contributed by atoms with Crippen molar-refractivity contribution < 1.29 is 40.3 Å². The fourth-order valence-electron chi connectivity index (χ4n) is 3.18. The van der Waals surface area contributed by atoms with Gasteiger partial charge in [-0.15, -0.1) is 0 Å². The fraction of sp³-hybridized carbons (Fsp3) is 0.556. The lowest BCUT2D eigenvalue weighted by Gasteiger charge is -2.27. The Morgan fingerprint density at radius 3 is 2.10 bits per heavy atom. The van der Waals surface area contributed by atoms with E-state index in [2.05, 4.69) is 0 Å². The Balaban J connectivity index is 2.45. The zero-order valence-electron chi connectivity index (χ0n) is 16.3. The van der Waals surface area contributed by atoms with Crippen molar-refractivity contribution in [1.82, 2.24) is 4.90 Å². The molecule has 2 rings (SSSR count). The molecule has 1 amide bonds. The first kappa shape index (κ1) is 23.1. The van der Waals surface area contributed by atoms with Crippen LogP contribution >= 0.6 is 0 Å². The monoisotopic (exact) mass is 439 g/mol. The molecule has 11 heteroatoms. The van der Waals surface area contributed by atoms with Gasteiger partial charge in [-0.25, -0.2) is 30.8 Å². The molecular weight excluding hydrogens is 418 g/mol. The van der Waals surface area contributed by atoms with Crippen molar-refractivity contribution in [3.8, 4) is 0 Å². The van der Waals surface area contributed by atoms with Crippen LogP contribution in [0.4, 0.5) is 22.4 Å². The number of nitrogens with zero attached hydrogens (tertiary/aromatic N) is 1. The van der Waals surface area contributed by atoms with Crippen molar-refractivity contribution >= 4 is 21.7 Å². The summed E-state index contributed by atoms with van der Waals surface area (Å²) in [5, 5.41) is 0. The van der Waals surface area contributed by atoms with Gasteiger partial charge in [0.15, 0.2) is 38.9 Å². The molecule has 1 unspecified atom stereocenters. The van der Waals surface area contributed by atoms with Gasteiger partial charge >= 0.3 is 6.09 Å². The van der Waals surface area contributed by atoms with E-state index in [1.165, 1.54) is 0 Å². The SMILES string of the molecule is CC(C)(C)OC(=O)N1C[C@H](c2c(F)c(F)cc(F)c2F)CC1C(=O)CS(C)(=O)=O. The van der Waals surface area contributed by atoms with Crippen LogP contribution < -0.4 is 0 Å². The van der Waals surface area contributed by atoms with Gasteiger partial charge in [0.1, 0.15) is 11.4 Å². The van der Waals surface area contributed by atoms with E-state index in [-0.39, 0.29) is 6.07 Å². The molecule has 1 aromatic rings.